The quantitative estimate of drug-likeness (QED) is 0.400. The van der Waals surface area contributed by atoms with Gasteiger partial charge in [-0.05, 0) is 12.8 Å². The van der Waals surface area contributed by atoms with E-state index >= 15 is 0 Å². The van der Waals surface area contributed by atoms with Gasteiger partial charge in [-0.25, -0.2) is 9.59 Å². The molecule has 9 nitrogen and oxygen atoms in total. The van der Waals surface area contributed by atoms with E-state index < -0.39 is 41.8 Å². The zero-order chi connectivity index (χ0) is 16.6. The first-order valence-electron chi connectivity index (χ1n) is 6.38. The van der Waals surface area contributed by atoms with Crippen molar-refractivity contribution in [2.75, 3.05) is 6.54 Å². The van der Waals surface area contributed by atoms with Crippen LogP contribution in [0, 0.1) is 11.8 Å². The van der Waals surface area contributed by atoms with Gasteiger partial charge in [0.15, 0.2) is 0 Å². The second-order valence-corrected chi connectivity index (χ2v) is 4.79. The zero-order valence-electron chi connectivity index (χ0n) is 11.8. The molecule has 0 aliphatic heterocycles. The van der Waals surface area contributed by atoms with Crippen molar-refractivity contribution in [2.45, 2.75) is 32.7 Å². The molecule has 0 radical (unpaired) electrons. The molecule has 120 valence electrons. The minimum Gasteiger partial charge on any atom is -0.481 e. The van der Waals surface area contributed by atoms with E-state index in [0.29, 0.717) is 0 Å². The molecule has 9 heteroatoms. The van der Waals surface area contributed by atoms with Crippen LogP contribution < -0.4 is 10.6 Å². The van der Waals surface area contributed by atoms with Gasteiger partial charge in [-0.1, -0.05) is 13.8 Å². The summed E-state index contributed by atoms with van der Waals surface area (Å²) in [6.45, 7) is 2.89. The molecule has 21 heavy (non-hydrogen) atoms. The van der Waals surface area contributed by atoms with Crippen molar-refractivity contribution in [3.8, 4) is 0 Å². The SMILES string of the molecule is C[C@@H](CCNC(=O)N[C@@H](C[C@H](C)C(=O)O)C(=O)O)C(=O)O. The van der Waals surface area contributed by atoms with Gasteiger partial charge in [0.2, 0.25) is 0 Å². The van der Waals surface area contributed by atoms with Crippen molar-refractivity contribution in [3.05, 3.63) is 0 Å². The van der Waals surface area contributed by atoms with Crippen LogP contribution in [0.5, 0.6) is 0 Å². The minimum absolute atomic E-state index is 0.0696. The summed E-state index contributed by atoms with van der Waals surface area (Å²) in [4.78, 5) is 43.7. The van der Waals surface area contributed by atoms with Crippen LogP contribution in [-0.2, 0) is 14.4 Å². The van der Waals surface area contributed by atoms with Gasteiger partial charge in [0.1, 0.15) is 6.04 Å². The molecule has 0 fully saturated rings. The third-order valence-corrected chi connectivity index (χ3v) is 2.90. The Kier molecular flexibility index (Phi) is 7.80. The topological polar surface area (TPSA) is 153 Å². The normalized spacial score (nSPS) is 14.6. The molecule has 0 aliphatic carbocycles. The predicted octanol–water partition coefficient (Wildman–Crippen LogP) is -0.0396. The molecule has 2 amide bonds. The third-order valence-electron chi connectivity index (χ3n) is 2.90. The lowest BCUT2D eigenvalue weighted by molar-refractivity contribution is -0.144. The average molecular weight is 304 g/mol. The van der Waals surface area contributed by atoms with Gasteiger partial charge in [-0.3, -0.25) is 9.59 Å². The summed E-state index contributed by atoms with van der Waals surface area (Å²) >= 11 is 0. The number of carbonyl (C=O) groups excluding carboxylic acids is 1. The summed E-state index contributed by atoms with van der Waals surface area (Å²) in [5.74, 6) is -5.03. The van der Waals surface area contributed by atoms with Gasteiger partial charge in [0.05, 0.1) is 11.8 Å². The van der Waals surface area contributed by atoms with Crippen LogP contribution in [0.3, 0.4) is 0 Å². The Morgan fingerprint density at radius 3 is 1.86 bits per heavy atom. The van der Waals surface area contributed by atoms with Gasteiger partial charge in [-0.15, -0.1) is 0 Å². The number of carbonyl (C=O) groups is 4. The van der Waals surface area contributed by atoms with Crippen molar-refractivity contribution in [2.24, 2.45) is 11.8 Å². The maximum Gasteiger partial charge on any atom is 0.326 e. The van der Waals surface area contributed by atoms with E-state index in [1.54, 1.807) is 0 Å². The lowest BCUT2D eigenvalue weighted by Crippen LogP contribution is -2.47. The molecule has 0 saturated heterocycles. The summed E-state index contributed by atoms with van der Waals surface area (Å²) in [6, 6.07) is -2.11. The Morgan fingerprint density at radius 2 is 1.43 bits per heavy atom. The third kappa shape index (κ3) is 7.75. The number of nitrogens with one attached hydrogen (secondary N) is 2. The molecule has 5 N–H and O–H groups in total. The number of amides is 2. The molecule has 0 unspecified atom stereocenters. The summed E-state index contributed by atoms with van der Waals surface area (Å²) in [7, 11) is 0. The van der Waals surface area contributed by atoms with Gasteiger partial charge in [0.25, 0.3) is 0 Å². The highest BCUT2D eigenvalue weighted by molar-refractivity contribution is 5.83. The van der Waals surface area contributed by atoms with E-state index in [9.17, 15) is 19.2 Å². The largest absolute Gasteiger partial charge is 0.481 e. The number of aliphatic carboxylic acids is 3. The van der Waals surface area contributed by atoms with Gasteiger partial charge < -0.3 is 26.0 Å². The number of carboxylic acids is 3. The Labute approximate surface area is 121 Å². The van der Waals surface area contributed by atoms with Crippen LogP contribution >= 0.6 is 0 Å². The highest BCUT2D eigenvalue weighted by Gasteiger charge is 2.25. The van der Waals surface area contributed by atoms with Gasteiger partial charge in [-0.2, -0.15) is 0 Å². The lowest BCUT2D eigenvalue weighted by atomic mass is 10.0. The molecule has 0 bridgehead atoms. The van der Waals surface area contributed by atoms with E-state index in [1.165, 1.54) is 13.8 Å². The van der Waals surface area contributed by atoms with E-state index in [0.717, 1.165) is 0 Å². The molecule has 0 aromatic heterocycles. The molecule has 0 aromatic rings. The summed E-state index contributed by atoms with van der Waals surface area (Å²) < 4.78 is 0. The second kappa shape index (κ2) is 8.77. The van der Waals surface area contributed by atoms with E-state index in [4.69, 9.17) is 15.3 Å². The van der Waals surface area contributed by atoms with Crippen LogP contribution in [-0.4, -0.2) is 51.8 Å². The number of hydrogen-bond acceptors (Lipinski definition) is 4. The van der Waals surface area contributed by atoms with Crippen LogP contribution in [0.15, 0.2) is 0 Å². The summed E-state index contributed by atoms with van der Waals surface area (Å²) in [6.07, 6.45) is -0.0460. The second-order valence-electron chi connectivity index (χ2n) is 4.79. The molecule has 3 atom stereocenters. The fourth-order valence-electron chi connectivity index (χ4n) is 1.41. The predicted molar refractivity (Wildman–Crippen MR) is 70.8 cm³/mol. The van der Waals surface area contributed by atoms with Gasteiger partial charge in [0, 0.05) is 6.54 Å². The maximum absolute atomic E-state index is 11.5. The summed E-state index contributed by atoms with van der Waals surface area (Å²) in [5, 5.41) is 30.8. The van der Waals surface area contributed by atoms with E-state index in [-0.39, 0.29) is 19.4 Å². The van der Waals surface area contributed by atoms with Crippen LogP contribution in [0.1, 0.15) is 26.7 Å². The number of hydrogen-bond donors (Lipinski definition) is 5. The van der Waals surface area contributed by atoms with Crippen molar-refractivity contribution in [1.29, 1.82) is 0 Å². The smallest absolute Gasteiger partial charge is 0.326 e. The van der Waals surface area contributed by atoms with Crippen LogP contribution in [0.2, 0.25) is 0 Å². The first kappa shape index (κ1) is 18.7. The molecule has 0 saturated carbocycles. The molecule has 0 heterocycles. The molecule has 0 rings (SSSR count). The minimum atomic E-state index is -1.34. The number of carboxylic acid groups (broad SMARTS) is 3. The van der Waals surface area contributed by atoms with E-state index in [1.807, 2.05) is 0 Å². The first-order chi connectivity index (χ1) is 9.65. The van der Waals surface area contributed by atoms with E-state index in [2.05, 4.69) is 10.6 Å². The Hall–Kier alpha value is -2.32. The number of urea groups is 1. The fraction of sp³-hybridized carbons (Fsp3) is 0.667. The van der Waals surface area contributed by atoms with Crippen LogP contribution in [0.25, 0.3) is 0 Å². The average Bonchev–Trinajstić information content (AvgIpc) is 2.37. The van der Waals surface area contributed by atoms with Crippen LogP contribution in [0.4, 0.5) is 4.79 Å². The highest BCUT2D eigenvalue weighted by atomic mass is 16.4. The molecular formula is C12H20N2O7. The molecular weight excluding hydrogens is 284 g/mol. The highest BCUT2D eigenvalue weighted by Crippen LogP contribution is 2.06. The summed E-state index contributed by atoms with van der Waals surface area (Å²) in [5.41, 5.74) is 0. The van der Waals surface area contributed by atoms with Crippen molar-refractivity contribution in [1.82, 2.24) is 10.6 Å². The molecule has 0 aliphatic rings. The number of rotatable bonds is 9. The Morgan fingerprint density at radius 1 is 0.905 bits per heavy atom. The van der Waals surface area contributed by atoms with Crippen molar-refractivity contribution < 1.29 is 34.5 Å². The lowest BCUT2D eigenvalue weighted by Gasteiger charge is -2.17. The zero-order valence-corrected chi connectivity index (χ0v) is 11.8. The standard InChI is InChI=1S/C12H20N2O7/c1-6(9(15)16)3-4-13-12(21)14-8(11(19)20)5-7(2)10(17)18/h6-8H,3-5H2,1-2H3,(H,15,16)(H,17,18)(H,19,20)(H2,13,14,21)/t6-,7-,8-/m0/s1. The van der Waals surface area contributed by atoms with Gasteiger partial charge >= 0.3 is 23.9 Å². The fourth-order valence-corrected chi connectivity index (χ4v) is 1.41. The maximum atomic E-state index is 11.5. The van der Waals surface area contributed by atoms with Crippen molar-refractivity contribution in [3.63, 3.8) is 0 Å². The molecule has 0 spiro atoms. The molecule has 0 aromatic carbocycles. The monoisotopic (exact) mass is 304 g/mol. The first-order valence-corrected chi connectivity index (χ1v) is 6.38. The Balaban J connectivity index is 4.27. The Bertz CT molecular complexity index is 410. The van der Waals surface area contributed by atoms with Crippen molar-refractivity contribution >= 4 is 23.9 Å².